The molecule has 0 unspecified atom stereocenters. The van der Waals surface area contributed by atoms with E-state index >= 15 is 0 Å². The van der Waals surface area contributed by atoms with Crippen molar-refractivity contribution in [3.63, 3.8) is 0 Å². The van der Waals surface area contributed by atoms with Crippen molar-refractivity contribution in [3.8, 4) is 5.88 Å². The average molecular weight is 261 g/mol. The number of aromatic nitrogens is 1. The van der Waals surface area contributed by atoms with E-state index in [1.165, 1.54) is 6.07 Å². The summed E-state index contributed by atoms with van der Waals surface area (Å²) in [6, 6.07) is 6.67. The van der Waals surface area contributed by atoms with Gasteiger partial charge in [0.05, 0.1) is 5.52 Å². The van der Waals surface area contributed by atoms with Gasteiger partial charge in [0.1, 0.15) is 0 Å². The van der Waals surface area contributed by atoms with Gasteiger partial charge in [-0.15, -0.1) is 0 Å². The molecule has 0 aliphatic heterocycles. The first-order chi connectivity index (χ1) is 9.11. The number of benzene rings is 1. The standard InChI is InChI=1S/C14H15NO4/c1-2-3-5-9-6-4-7-10-13(9)11(16)8-12(15-10)19-14(17)18/h4,6-8H,2-3,5H2,1H3,(H,15,16)(H,17,18). The van der Waals surface area contributed by atoms with E-state index in [4.69, 9.17) is 5.11 Å². The van der Waals surface area contributed by atoms with Crippen LogP contribution in [-0.2, 0) is 6.42 Å². The molecule has 0 radical (unpaired) electrons. The van der Waals surface area contributed by atoms with Gasteiger partial charge in [-0.05, 0) is 24.5 Å². The predicted octanol–water partition coefficient (Wildman–Crippen LogP) is 2.93. The van der Waals surface area contributed by atoms with E-state index < -0.39 is 6.16 Å². The van der Waals surface area contributed by atoms with Gasteiger partial charge in [-0.3, -0.25) is 4.79 Å². The second-order valence-corrected chi connectivity index (χ2v) is 4.31. The van der Waals surface area contributed by atoms with Crippen molar-refractivity contribution in [3.05, 3.63) is 40.1 Å². The van der Waals surface area contributed by atoms with Gasteiger partial charge in [0, 0.05) is 11.5 Å². The molecule has 1 aromatic heterocycles. The summed E-state index contributed by atoms with van der Waals surface area (Å²) in [5.74, 6) is -0.0577. The number of pyridine rings is 1. The number of H-pyrrole nitrogens is 1. The Morgan fingerprint density at radius 3 is 2.89 bits per heavy atom. The first-order valence-electron chi connectivity index (χ1n) is 6.17. The quantitative estimate of drug-likeness (QED) is 0.829. The van der Waals surface area contributed by atoms with Crippen LogP contribution in [0, 0.1) is 0 Å². The van der Waals surface area contributed by atoms with Crippen LogP contribution in [-0.4, -0.2) is 16.2 Å². The number of hydrogen-bond acceptors (Lipinski definition) is 3. The summed E-state index contributed by atoms with van der Waals surface area (Å²) in [7, 11) is 0. The average Bonchev–Trinajstić information content (AvgIpc) is 2.35. The molecule has 0 aliphatic carbocycles. The number of hydrogen-bond donors (Lipinski definition) is 2. The third-order valence-electron chi connectivity index (χ3n) is 2.91. The van der Waals surface area contributed by atoms with Crippen LogP contribution in [0.1, 0.15) is 25.3 Å². The number of carbonyl (C=O) groups is 1. The third-order valence-corrected chi connectivity index (χ3v) is 2.91. The second-order valence-electron chi connectivity index (χ2n) is 4.31. The summed E-state index contributed by atoms with van der Waals surface area (Å²) in [6.07, 6.45) is 1.44. The number of rotatable bonds is 4. The largest absolute Gasteiger partial charge is 0.512 e. The second kappa shape index (κ2) is 5.56. The van der Waals surface area contributed by atoms with E-state index in [0.29, 0.717) is 10.9 Å². The Kier molecular flexibility index (Phi) is 3.85. The zero-order valence-corrected chi connectivity index (χ0v) is 10.6. The topological polar surface area (TPSA) is 79.4 Å². The van der Waals surface area contributed by atoms with Crippen LogP contribution >= 0.6 is 0 Å². The van der Waals surface area contributed by atoms with Gasteiger partial charge in [0.25, 0.3) is 0 Å². The summed E-state index contributed by atoms with van der Waals surface area (Å²) in [6.45, 7) is 2.09. The van der Waals surface area contributed by atoms with Crippen LogP contribution in [0.2, 0.25) is 0 Å². The summed E-state index contributed by atoms with van der Waals surface area (Å²) in [5.41, 5.74) is 1.34. The molecule has 0 bridgehead atoms. The smallest absolute Gasteiger partial charge is 0.449 e. The van der Waals surface area contributed by atoms with Crippen molar-refractivity contribution < 1.29 is 14.6 Å². The monoisotopic (exact) mass is 261 g/mol. The van der Waals surface area contributed by atoms with Gasteiger partial charge >= 0.3 is 6.16 Å². The van der Waals surface area contributed by atoms with E-state index in [9.17, 15) is 9.59 Å². The van der Waals surface area contributed by atoms with Gasteiger partial charge in [-0.25, -0.2) is 4.79 Å². The summed E-state index contributed by atoms with van der Waals surface area (Å²) >= 11 is 0. The Labute approximate surface area is 109 Å². The lowest BCUT2D eigenvalue weighted by Crippen LogP contribution is -2.10. The maximum absolute atomic E-state index is 12.1. The molecule has 0 saturated carbocycles. The SMILES string of the molecule is CCCCc1cccc2[nH]c(OC(=O)O)cc(=O)c12. The van der Waals surface area contributed by atoms with Crippen molar-refractivity contribution >= 4 is 17.1 Å². The lowest BCUT2D eigenvalue weighted by Gasteiger charge is -2.07. The maximum Gasteiger partial charge on any atom is 0.512 e. The van der Waals surface area contributed by atoms with Crippen LogP contribution in [0.3, 0.4) is 0 Å². The fraction of sp³-hybridized carbons (Fsp3) is 0.286. The van der Waals surface area contributed by atoms with Crippen molar-refractivity contribution in [1.82, 2.24) is 4.98 Å². The first kappa shape index (κ1) is 13.1. The Morgan fingerprint density at radius 1 is 1.42 bits per heavy atom. The van der Waals surface area contributed by atoms with E-state index in [0.717, 1.165) is 24.8 Å². The van der Waals surface area contributed by atoms with Gasteiger partial charge < -0.3 is 14.8 Å². The Balaban J connectivity index is 2.52. The molecular formula is C14H15NO4. The highest BCUT2D eigenvalue weighted by Crippen LogP contribution is 2.18. The zero-order valence-electron chi connectivity index (χ0n) is 10.6. The number of ether oxygens (including phenoxy) is 1. The van der Waals surface area contributed by atoms with E-state index in [2.05, 4.69) is 16.6 Å². The van der Waals surface area contributed by atoms with Crippen molar-refractivity contribution in [2.45, 2.75) is 26.2 Å². The van der Waals surface area contributed by atoms with Crippen LogP contribution in [0.4, 0.5) is 4.79 Å². The van der Waals surface area contributed by atoms with Gasteiger partial charge in [0.15, 0.2) is 5.43 Å². The minimum Gasteiger partial charge on any atom is -0.449 e. The molecule has 2 aromatic rings. The number of aromatic amines is 1. The van der Waals surface area contributed by atoms with Gasteiger partial charge in [-0.2, -0.15) is 0 Å². The van der Waals surface area contributed by atoms with E-state index in [-0.39, 0.29) is 11.3 Å². The highest BCUT2D eigenvalue weighted by Gasteiger charge is 2.09. The molecule has 5 heteroatoms. The van der Waals surface area contributed by atoms with E-state index in [1.54, 1.807) is 6.07 Å². The molecule has 0 aliphatic rings. The molecule has 0 amide bonds. The number of carboxylic acid groups (broad SMARTS) is 1. The summed E-state index contributed by atoms with van der Waals surface area (Å²) in [5, 5.41) is 9.16. The minimum atomic E-state index is -1.45. The molecule has 0 fully saturated rings. The molecule has 0 atom stereocenters. The fourth-order valence-electron chi connectivity index (χ4n) is 2.08. The number of nitrogens with one attached hydrogen (secondary N) is 1. The van der Waals surface area contributed by atoms with Gasteiger partial charge in [-0.1, -0.05) is 25.5 Å². The van der Waals surface area contributed by atoms with Gasteiger partial charge in [0.2, 0.25) is 5.88 Å². The third kappa shape index (κ3) is 2.93. The minimum absolute atomic E-state index is 0.0577. The Hall–Kier alpha value is -2.30. The lowest BCUT2D eigenvalue weighted by molar-refractivity contribution is 0.142. The first-order valence-corrected chi connectivity index (χ1v) is 6.17. The lowest BCUT2D eigenvalue weighted by atomic mass is 10.0. The summed E-state index contributed by atoms with van der Waals surface area (Å²) in [4.78, 5) is 25.4. The van der Waals surface area contributed by atoms with Crippen LogP contribution in [0.5, 0.6) is 5.88 Å². The maximum atomic E-state index is 12.1. The molecular weight excluding hydrogens is 246 g/mol. The predicted molar refractivity (Wildman–Crippen MR) is 71.8 cm³/mol. The molecule has 19 heavy (non-hydrogen) atoms. The molecule has 5 nitrogen and oxygen atoms in total. The van der Waals surface area contributed by atoms with Crippen molar-refractivity contribution in [2.75, 3.05) is 0 Å². The molecule has 2 N–H and O–H groups in total. The number of unbranched alkanes of at least 4 members (excludes halogenated alkanes) is 1. The number of aryl methyl sites for hydroxylation is 1. The van der Waals surface area contributed by atoms with Crippen molar-refractivity contribution in [1.29, 1.82) is 0 Å². The number of fused-ring (bicyclic) bond motifs is 1. The van der Waals surface area contributed by atoms with Crippen LogP contribution in [0.15, 0.2) is 29.1 Å². The Morgan fingerprint density at radius 2 is 2.21 bits per heavy atom. The molecule has 0 spiro atoms. The Bertz CT molecular complexity index is 660. The molecule has 1 heterocycles. The van der Waals surface area contributed by atoms with Crippen molar-refractivity contribution in [2.24, 2.45) is 0 Å². The van der Waals surface area contributed by atoms with Crippen LogP contribution < -0.4 is 10.2 Å². The molecule has 2 rings (SSSR count). The molecule has 1 aromatic carbocycles. The molecule has 100 valence electrons. The summed E-state index contributed by atoms with van der Waals surface area (Å²) < 4.78 is 4.49. The van der Waals surface area contributed by atoms with E-state index in [1.807, 2.05) is 12.1 Å². The molecule has 0 saturated heterocycles. The highest BCUT2D eigenvalue weighted by molar-refractivity contribution is 5.82. The fourth-order valence-corrected chi connectivity index (χ4v) is 2.08. The zero-order chi connectivity index (χ0) is 13.8. The highest BCUT2D eigenvalue weighted by atomic mass is 16.7. The van der Waals surface area contributed by atoms with Crippen LogP contribution in [0.25, 0.3) is 10.9 Å². The normalized spacial score (nSPS) is 10.6.